The fourth-order valence-corrected chi connectivity index (χ4v) is 9.17. The zero-order chi connectivity index (χ0) is 35.0. The summed E-state index contributed by atoms with van der Waals surface area (Å²) in [4.78, 5) is 26.7. The van der Waals surface area contributed by atoms with Crippen LogP contribution in [0.3, 0.4) is 0 Å². The van der Waals surface area contributed by atoms with Gasteiger partial charge in [0.1, 0.15) is 17.8 Å². The van der Waals surface area contributed by atoms with Crippen molar-refractivity contribution in [1.29, 1.82) is 5.26 Å². The molecule has 7 rings (SSSR count). The summed E-state index contributed by atoms with van der Waals surface area (Å²) in [5.74, 6) is 0.649. The number of sulfonamides is 1. The van der Waals surface area contributed by atoms with Crippen LogP contribution in [0.25, 0.3) is 0 Å². The Balaban J connectivity index is 1.43. The molecule has 0 aliphatic carbocycles. The number of rotatable bonds is 10. The summed E-state index contributed by atoms with van der Waals surface area (Å²) in [6.07, 6.45) is 4.38. The lowest BCUT2D eigenvalue weighted by atomic mass is 9.80. The molecule has 0 bridgehead atoms. The number of likely N-dealkylation sites (tertiary alicyclic amines) is 1. The summed E-state index contributed by atoms with van der Waals surface area (Å²) in [6.45, 7) is 8.20. The smallest absolute Gasteiger partial charge is 0.271 e. The molecule has 0 N–H and O–H groups in total. The monoisotopic (exact) mass is 696 g/mol. The predicted octanol–water partition coefficient (Wildman–Crippen LogP) is 4.52. The van der Waals surface area contributed by atoms with Gasteiger partial charge in [-0.3, -0.25) is 14.6 Å². The van der Waals surface area contributed by atoms with E-state index in [2.05, 4.69) is 27.8 Å². The standard InChI is InChI=1S/C37H40N6O6S/c1-4-40-17-19-41(20-18-40)25-27-7-13-30(34(23-27)48-3)37(42-16-5-6-33(42)35-39-15-21-49-35)31-22-26(24-38)8-14-32(31)43(36(37)44)50(45,46)29-11-9-28(47-2)10-12-29/h7-15,21-23,33H,4-6,16-20,25H2,1-3H3. The van der Waals surface area contributed by atoms with Crippen LogP contribution in [0, 0.1) is 11.3 Å². The Morgan fingerprint density at radius 2 is 1.72 bits per heavy atom. The van der Waals surface area contributed by atoms with Crippen molar-refractivity contribution in [3.8, 4) is 17.6 Å². The minimum absolute atomic E-state index is 0.0751. The van der Waals surface area contributed by atoms with Gasteiger partial charge in [0.2, 0.25) is 5.89 Å². The minimum atomic E-state index is -4.45. The molecule has 260 valence electrons. The van der Waals surface area contributed by atoms with Crippen LogP contribution in [-0.2, 0) is 26.9 Å². The maximum atomic E-state index is 15.5. The molecule has 0 spiro atoms. The van der Waals surface area contributed by atoms with E-state index in [1.165, 1.54) is 31.6 Å². The van der Waals surface area contributed by atoms with Crippen molar-refractivity contribution in [2.75, 3.05) is 57.8 Å². The van der Waals surface area contributed by atoms with Gasteiger partial charge in [-0.1, -0.05) is 19.1 Å². The van der Waals surface area contributed by atoms with Gasteiger partial charge in [-0.25, -0.2) is 17.7 Å². The SMILES string of the molecule is CCN1CCN(Cc2ccc(C3(N4CCCC4c4ncco4)C(=O)N(S(=O)(=O)c4ccc(OC)cc4)c4ccc(C#N)cc43)c(OC)c2)CC1. The fourth-order valence-electron chi connectivity index (χ4n) is 7.71. The first kappa shape index (κ1) is 33.7. The average molecular weight is 697 g/mol. The zero-order valence-electron chi connectivity index (χ0n) is 28.4. The molecule has 1 aromatic heterocycles. The molecule has 3 aliphatic heterocycles. The number of piperazine rings is 1. The maximum absolute atomic E-state index is 15.5. The van der Waals surface area contributed by atoms with E-state index in [-0.39, 0.29) is 10.6 Å². The fraction of sp³-hybridized carbons (Fsp3) is 0.378. The lowest BCUT2D eigenvalue weighted by Gasteiger charge is -2.41. The molecule has 3 aliphatic rings. The molecule has 1 amide bonds. The molecule has 13 heteroatoms. The quantitative estimate of drug-likeness (QED) is 0.232. The van der Waals surface area contributed by atoms with E-state index in [0.29, 0.717) is 60.0 Å². The number of carbonyl (C=O) groups excluding carboxylic acids is 1. The molecule has 2 saturated heterocycles. The molecule has 2 unspecified atom stereocenters. The number of anilines is 1. The van der Waals surface area contributed by atoms with Crippen molar-refractivity contribution in [3.05, 3.63) is 101 Å². The van der Waals surface area contributed by atoms with Crippen molar-refractivity contribution in [1.82, 2.24) is 19.7 Å². The number of nitrogens with zero attached hydrogens (tertiary/aromatic N) is 6. The van der Waals surface area contributed by atoms with Gasteiger partial charge < -0.3 is 18.8 Å². The lowest BCUT2D eigenvalue weighted by Crippen LogP contribution is -2.54. The van der Waals surface area contributed by atoms with E-state index in [1.54, 1.807) is 37.6 Å². The second-order valence-corrected chi connectivity index (χ2v) is 14.6. The molecule has 4 heterocycles. The second kappa shape index (κ2) is 13.5. The van der Waals surface area contributed by atoms with Crippen molar-refractivity contribution >= 4 is 21.6 Å². The first-order chi connectivity index (χ1) is 24.3. The number of nitriles is 1. The third kappa shape index (κ3) is 5.52. The summed E-state index contributed by atoms with van der Waals surface area (Å²) in [5.41, 5.74) is 0.607. The largest absolute Gasteiger partial charge is 0.497 e. The number of fused-ring (bicyclic) bond motifs is 1. The summed E-state index contributed by atoms with van der Waals surface area (Å²) in [5, 5.41) is 10.1. The van der Waals surface area contributed by atoms with E-state index < -0.39 is 27.5 Å². The van der Waals surface area contributed by atoms with E-state index >= 15 is 4.79 Å². The summed E-state index contributed by atoms with van der Waals surface area (Å²) < 4.78 is 47.2. The Morgan fingerprint density at radius 3 is 2.38 bits per heavy atom. The van der Waals surface area contributed by atoms with Crippen molar-refractivity contribution in [2.45, 2.75) is 42.8 Å². The summed E-state index contributed by atoms with van der Waals surface area (Å²) in [7, 11) is -1.40. The Kier molecular flexibility index (Phi) is 9.13. The van der Waals surface area contributed by atoms with E-state index in [9.17, 15) is 13.7 Å². The Morgan fingerprint density at radius 1 is 0.960 bits per heavy atom. The number of methoxy groups -OCH3 is 2. The van der Waals surface area contributed by atoms with Crippen LogP contribution < -0.4 is 13.8 Å². The summed E-state index contributed by atoms with van der Waals surface area (Å²) >= 11 is 0. The summed E-state index contributed by atoms with van der Waals surface area (Å²) in [6, 6.07) is 18.2. The van der Waals surface area contributed by atoms with E-state index in [1.807, 2.05) is 23.1 Å². The number of carbonyl (C=O) groups is 1. The van der Waals surface area contributed by atoms with Gasteiger partial charge in [0, 0.05) is 50.4 Å². The average Bonchev–Trinajstić information content (AvgIpc) is 3.91. The van der Waals surface area contributed by atoms with Crippen molar-refractivity contribution in [3.63, 3.8) is 0 Å². The third-order valence-corrected chi connectivity index (χ3v) is 11.9. The number of ether oxygens (including phenoxy) is 2. The molecule has 0 saturated carbocycles. The van der Waals surface area contributed by atoms with Crippen molar-refractivity contribution < 1.29 is 27.1 Å². The normalized spacial score (nSPS) is 21.7. The topological polar surface area (TPSA) is 132 Å². The van der Waals surface area contributed by atoms with Gasteiger partial charge in [-0.05, 0) is 73.5 Å². The Hall–Kier alpha value is -4.74. The number of hydrogen-bond donors (Lipinski definition) is 0. The van der Waals surface area contributed by atoms with Crippen LogP contribution in [0.4, 0.5) is 5.69 Å². The first-order valence-electron chi connectivity index (χ1n) is 16.8. The van der Waals surface area contributed by atoms with Crippen LogP contribution in [0.5, 0.6) is 11.5 Å². The van der Waals surface area contributed by atoms with Crippen LogP contribution in [0.2, 0.25) is 0 Å². The molecule has 4 aromatic rings. The molecule has 2 fully saturated rings. The predicted molar refractivity (Wildman–Crippen MR) is 185 cm³/mol. The van der Waals surface area contributed by atoms with E-state index in [4.69, 9.17) is 13.9 Å². The third-order valence-electron chi connectivity index (χ3n) is 10.2. The Bertz CT molecular complexity index is 2020. The van der Waals surface area contributed by atoms with Gasteiger partial charge in [0.05, 0.1) is 48.7 Å². The first-order valence-corrected chi connectivity index (χ1v) is 18.3. The number of hydrogen-bond acceptors (Lipinski definition) is 11. The van der Waals surface area contributed by atoms with Crippen molar-refractivity contribution in [2.24, 2.45) is 0 Å². The number of likely N-dealkylation sites (N-methyl/N-ethyl adjacent to an activating group) is 1. The van der Waals surface area contributed by atoms with Gasteiger partial charge in [-0.15, -0.1) is 0 Å². The number of aromatic nitrogens is 1. The highest BCUT2D eigenvalue weighted by atomic mass is 32.2. The molecule has 3 aromatic carbocycles. The highest BCUT2D eigenvalue weighted by Crippen LogP contribution is 2.56. The maximum Gasteiger partial charge on any atom is 0.271 e. The zero-order valence-corrected chi connectivity index (χ0v) is 29.2. The molecular formula is C37H40N6O6S. The van der Waals surface area contributed by atoms with Gasteiger partial charge in [0.25, 0.3) is 15.9 Å². The molecular weight excluding hydrogens is 657 g/mol. The second-order valence-electron chi connectivity index (χ2n) is 12.8. The molecule has 50 heavy (non-hydrogen) atoms. The molecule has 2 atom stereocenters. The van der Waals surface area contributed by atoms with Gasteiger partial charge in [0.15, 0.2) is 5.54 Å². The highest BCUT2D eigenvalue weighted by molar-refractivity contribution is 7.93. The highest BCUT2D eigenvalue weighted by Gasteiger charge is 2.62. The van der Waals surface area contributed by atoms with Gasteiger partial charge >= 0.3 is 0 Å². The Labute approximate surface area is 292 Å². The van der Waals surface area contributed by atoms with E-state index in [0.717, 1.165) is 42.6 Å². The molecule has 0 radical (unpaired) electrons. The van der Waals surface area contributed by atoms with Crippen LogP contribution in [0.15, 0.2) is 82.4 Å². The number of benzene rings is 3. The van der Waals surface area contributed by atoms with Gasteiger partial charge in [-0.2, -0.15) is 5.26 Å². The lowest BCUT2D eigenvalue weighted by molar-refractivity contribution is -0.127. The van der Waals surface area contributed by atoms with Crippen LogP contribution in [-0.4, -0.2) is 87.5 Å². The minimum Gasteiger partial charge on any atom is -0.497 e. The number of oxazole rings is 1. The number of amides is 1. The molecule has 12 nitrogen and oxygen atoms in total. The van der Waals surface area contributed by atoms with Crippen LogP contribution in [0.1, 0.15) is 54.0 Å². The van der Waals surface area contributed by atoms with Crippen LogP contribution >= 0.6 is 0 Å².